The normalized spacial score (nSPS) is 14.5. The number of amides is 9. The number of hydrogen-bond donors (Lipinski definition) is 11. The lowest BCUT2D eigenvalue weighted by Gasteiger charge is -2.27. The van der Waals surface area contributed by atoms with Crippen molar-refractivity contribution in [1.29, 1.82) is 0 Å². The van der Waals surface area contributed by atoms with E-state index in [0.717, 1.165) is 5.56 Å². The number of unbranched alkanes of at least 4 members (excludes halogenated alkanes) is 2. The third-order valence-corrected chi connectivity index (χ3v) is 14.5. The van der Waals surface area contributed by atoms with Gasteiger partial charge in [0.2, 0.25) is 41.4 Å². The molecule has 5 atom stereocenters. The van der Waals surface area contributed by atoms with Gasteiger partial charge < -0.3 is 41.9 Å². The highest BCUT2D eigenvalue weighted by Gasteiger charge is 2.35. The number of carbonyl (C=O) groups is 9. The smallest absolute Gasteiger partial charge is 0.295 e. The van der Waals surface area contributed by atoms with Gasteiger partial charge in [-0.05, 0) is 105 Å². The number of aromatic nitrogens is 1. The number of aromatic hydroxyl groups is 1. The first-order valence-corrected chi connectivity index (χ1v) is 29.7. The Balaban J connectivity index is 1.14. The lowest BCUT2D eigenvalue weighted by molar-refractivity contribution is -0.138. The molecule has 3 aromatic carbocycles. The largest absolute Gasteiger partial charge is 0.508 e. The zero-order valence-corrected chi connectivity index (χ0v) is 49.2. The van der Waals surface area contributed by atoms with Crippen molar-refractivity contribution in [2.24, 2.45) is 16.9 Å². The SMILES string of the molecule is CC(=O)N1CCC[C@H]1C(=O)N[C@@H](CC(C)C)C(=O)NCC(=O)N[C@@H](CCc1ccccc1)C(=O)N[C@@H](Cc1ccc(O)cc1)C(=O)N[C@@H](CC(C)C)C(=O)NNC(=O)CCCCCNC(=O)c1ccc(NN=Cc2ccccc2S(=O)(=O)O)nc1. The van der Waals surface area contributed by atoms with Gasteiger partial charge in [-0.15, -0.1) is 0 Å². The summed E-state index contributed by atoms with van der Waals surface area (Å²) in [4.78, 5) is 126. The van der Waals surface area contributed by atoms with Crippen molar-refractivity contribution >= 4 is 75.3 Å². The summed E-state index contributed by atoms with van der Waals surface area (Å²) < 4.78 is 32.7. The van der Waals surface area contributed by atoms with Gasteiger partial charge in [0, 0.05) is 44.6 Å². The number of nitrogens with zero attached hydrogens (tertiary/aromatic N) is 3. The molecule has 458 valence electrons. The van der Waals surface area contributed by atoms with E-state index < -0.39 is 94.1 Å². The Morgan fingerprint density at radius 3 is 2.01 bits per heavy atom. The fourth-order valence-electron chi connectivity index (χ4n) is 9.23. The van der Waals surface area contributed by atoms with Crippen LogP contribution in [0.1, 0.15) is 119 Å². The maximum atomic E-state index is 14.4. The lowest BCUT2D eigenvalue weighted by atomic mass is 10.00. The number of nitrogens with one attached hydrogen (secondary N) is 9. The van der Waals surface area contributed by atoms with E-state index in [-0.39, 0.29) is 84.0 Å². The van der Waals surface area contributed by atoms with E-state index in [9.17, 15) is 61.2 Å². The highest BCUT2D eigenvalue weighted by molar-refractivity contribution is 7.86. The van der Waals surface area contributed by atoms with Crippen LogP contribution in [0, 0.1) is 11.8 Å². The molecule has 85 heavy (non-hydrogen) atoms. The molecular formula is C59H78N12O13S. The summed E-state index contributed by atoms with van der Waals surface area (Å²) in [5.74, 6) is -5.20. The number of hydrazone groups is 1. The third kappa shape index (κ3) is 23.1. The number of pyridine rings is 1. The summed E-state index contributed by atoms with van der Waals surface area (Å²) in [5, 5.41) is 30.3. The van der Waals surface area contributed by atoms with E-state index in [1.807, 2.05) is 58.0 Å². The quantitative estimate of drug-likeness (QED) is 0.0149. The van der Waals surface area contributed by atoms with Gasteiger partial charge in [0.1, 0.15) is 46.7 Å². The summed E-state index contributed by atoms with van der Waals surface area (Å²) in [6, 6.07) is 18.3. The molecule has 5 rings (SSSR count). The van der Waals surface area contributed by atoms with Crippen LogP contribution in [0.3, 0.4) is 0 Å². The minimum Gasteiger partial charge on any atom is -0.508 e. The summed E-state index contributed by atoms with van der Waals surface area (Å²) >= 11 is 0. The molecule has 0 saturated carbocycles. The number of hydrogen-bond acceptors (Lipinski definition) is 15. The number of hydrazine groups is 1. The van der Waals surface area contributed by atoms with Gasteiger partial charge in [-0.2, -0.15) is 13.5 Å². The molecule has 1 aromatic heterocycles. The number of rotatable bonds is 31. The number of phenols is 1. The molecule has 9 amide bonds. The third-order valence-electron chi connectivity index (χ3n) is 13.6. The summed E-state index contributed by atoms with van der Waals surface area (Å²) in [6.45, 7) is 8.92. The predicted molar refractivity (Wildman–Crippen MR) is 315 cm³/mol. The van der Waals surface area contributed by atoms with E-state index >= 15 is 0 Å². The number of carbonyl (C=O) groups excluding carboxylic acids is 9. The van der Waals surface area contributed by atoms with Crippen molar-refractivity contribution in [3.05, 3.63) is 119 Å². The second-order valence-electron chi connectivity index (χ2n) is 21.5. The highest BCUT2D eigenvalue weighted by atomic mass is 32.2. The van der Waals surface area contributed by atoms with Crippen LogP contribution in [0.2, 0.25) is 0 Å². The van der Waals surface area contributed by atoms with Gasteiger partial charge in [0.05, 0.1) is 18.3 Å². The van der Waals surface area contributed by atoms with Crippen LogP contribution in [-0.2, 0) is 61.3 Å². The lowest BCUT2D eigenvalue weighted by Crippen LogP contribution is -2.59. The van der Waals surface area contributed by atoms with Crippen LogP contribution in [0.4, 0.5) is 5.82 Å². The molecule has 11 N–H and O–H groups in total. The van der Waals surface area contributed by atoms with Gasteiger partial charge in [0.15, 0.2) is 0 Å². The maximum absolute atomic E-state index is 14.4. The van der Waals surface area contributed by atoms with Crippen LogP contribution < -0.4 is 48.2 Å². The Hall–Kier alpha value is -8.78. The molecule has 0 radical (unpaired) electrons. The Morgan fingerprint density at radius 1 is 0.694 bits per heavy atom. The molecule has 2 heterocycles. The predicted octanol–water partition coefficient (Wildman–Crippen LogP) is 2.95. The van der Waals surface area contributed by atoms with Crippen molar-refractivity contribution in [3.63, 3.8) is 0 Å². The summed E-state index contributed by atoms with van der Waals surface area (Å²) in [6.07, 6.45) is 5.74. The van der Waals surface area contributed by atoms with Crippen molar-refractivity contribution in [2.45, 2.75) is 140 Å². The second kappa shape index (κ2) is 33.5. The standard InChI is InChI=1S/C59H78N12O13S/c1-37(2)31-46(67-59(81)49-18-14-30-71(49)39(5)72)55(77)62-36-53(75)64-45(27-23-40-15-8-6-9-16-40)56(78)66-48(33-41-21-25-44(73)26-22-41)57(79)65-47(32-38(3)4)58(80)70-69-52(74)20-10-7-13-29-60-54(76)43-24-28-51(61-34-43)68-63-35-42-17-11-12-19-50(42)85(82,83)84/h6,8-9,11-12,15-17,19,21-22,24-26,28,34-35,37-38,45-49,73H,7,10,13-14,18,20,23,27,29-33,36H2,1-5H3,(H,60,76)(H,61,68)(H,62,77)(H,64,75)(H,65,79)(H,66,78)(H,67,81)(H,69,74)(H,70,80)(H,82,83,84)/t45-,46-,47-,48-,49-/m0/s1. The molecule has 1 saturated heterocycles. The Labute approximate surface area is 494 Å². The van der Waals surface area contributed by atoms with Crippen LogP contribution >= 0.6 is 0 Å². The van der Waals surface area contributed by atoms with E-state index in [1.165, 1.54) is 66.7 Å². The number of likely N-dealkylation sites (tertiary alicyclic amines) is 1. The zero-order valence-electron chi connectivity index (χ0n) is 48.4. The van der Waals surface area contributed by atoms with Crippen LogP contribution in [0.25, 0.3) is 0 Å². The first-order chi connectivity index (χ1) is 40.5. The molecular weight excluding hydrogens is 1120 g/mol. The molecule has 1 aliphatic rings. The Kier molecular flexibility index (Phi) is 26.4. The molecule has 25 nitrogen and oxygen atoms in total. The molecule has 0 spiro atoms. The van der Waals surface area contributed by atoms with Crippen molar-refractivity contribution in [1.82, 2.24) is 52.6 Å². The molecule has 0 unspecified atom stereocenters. The molecule has 4 aromatic rings. The van der Waals surface area contributed by atoms with Gasteiger partial charge in [0.25, 0.3) is 21.9 Å². The number of benzene rings is 3. The molecule has 0 bridgehead atoms. The van der Waals surface area contributed by atoms with Crippen molar-refractivity contribution < 1.29 is 61.2 Å². The first kappa shape index (κ1) is 67.0. The van der Waals surface area contributed by atoms with Crippen LogP contribution in [0.5, 0.6) is 5.75 Å². The van der Waals surface area contributed by atoms with E-state index in [0.29, 0.717) is 50.6 Å². The second-order valence-corrected chi connectivity index (χ2v) is 22.9. The number of phenolic OH excluding ortho intramolecular Hbond substituents is 1. The molecule has 1 aliphatic heterocycles. The zero-order chi connectivity index (χ0) is 62.1. The fraction of sp³-hybridized carbons (Fsp3) is 0.441. The average Bonchev–Trinajstić information content (AvgIpc) is 4.20. The monoisotopic (exact) mass is 1190 g/mol. The highest BCUT2D eigenvalue weighted by Crippen LogP contribution is 2.19. The van der Waals surface area contributed by atoms with E-state index in [4.69, 9.17) is 0 Å². The van der Waals surface area contributed by atoms with Gasteiger partial charge >= 0.3 is 0 Å². The van der Waals surface area contributed by atoms with Gasteiger partial charge in [-0.25, -0.2) is 4.98 Å². The average molecular weight is 1200 g/mol. The van der Waals surface area contributed by atoms with Crippen molar-refractivity contribution in [3.8, 4) is 5.75 Å². The van der Waals surface area contributed by atoms with Crippen LogP contribution in [-0.4, -0.2) is 137 Å². The Morgan fingerprint density at radius 2 is 1.35 bits per heavy atom. The number of aryl methyl sites for hydroxylation is 1. The summed E-state index contributed by atoms with van der Waals surface area (Å²) in [5.41, 5.74) is 9.20. The first-order valence-electron chi connectivity index (χ1n) is 28.2. The minimum absolute atomic E-state index is 0.0200. The number of anilines is 1. The minimum atomic E-state index is -4.46. The van der Waals surface area contributed by atoms with Crippen LogP contribution in [0.15, 0.2) is 107 Å². The van der Waals surface area contributed by atoms with Gasteiger partial charge in [-0.3, -0.25) is 64.0 Å². The topological polar surface area (TPSA) is 365 Å². The fourth-order valence-corrected chi connectivity index (χ4v) is 9.90. The molecule has 26 heteroatoms. The molecule has 0 aliphatic carbocycles. The Bertz CT molecular complexity index is 3070. The summed E-state index contributed by atoms with van der Waals surface area (Å²) in [7, 11) is -4.46. The van der Waals surface area contributed by atoms with Gasteiger partial charge in [-0.1, -0.05) is 94.8 Å². The maximum Gasteiger partial charge on any atom is 0.295 e. The van der Waals surface area contributed by atoms with Crippen molar-refractivity contribution in [2.75, 3.05) is 25.1 Å². The van der Waals surface area contributed by atoms with E-state index in [1.54, 1.807) is 18.2 Å². The molecule has 1 fully saturated rings. The van der Waals surface area contributed by atoms with E-state index in [2.05, 4.69) is 58.3 Å².